The van der Waals surface area contributed by atoms with Gasteiger partial charge in [0.25, 0.3) is 0 Å². The van der Waals surface area contributed by atoms with E-state index < -0.39 is 90.6 Å². The Morgan fingerprint density at radius 3 is 1.72 bits per heavy atom. The number of fused-ring (bicyclic) bond motifs is 6. The third-order valence-corrected chi connectivity index (χ3v) is 7.84. The summed E-state index contributed by atoms with van der Waals surface area (Å²) in [7, 11) is 0. The first-order valence-corrected chi connectivity index (χ1v) is 13.6. The summed E-state index contributed by atoms with van der Waals surface area (Å²) in [5.74, 6) is 0. The third-order valence-electron chi connectivity index (χ3n) is 7.84. The van der Waals surface area contributed by atoms with Gasteiger partial charge in [0, 0.05) is 21.9 Å². The van der Waals surface area contributed by atoms with E-state index in [4.69, 9.17) is 18.1 Å². The fourth-order valence-electron chi connectivity index (χ4n) is 5.96. The van der Waals surface area contributed by atoms with Crippen LogP contribution < -0.4 is 0 Å². The van der Waals surface area contributed by atoms with Gasteiger partial charge in [-0.2, -0.15) is 0 Å². The summed E-state index contributed by atoms with van der Waals surface area (Å²) in [5, 5.41) is 0.673. The fourth-order valence-corrected chi connectivity index (χ4v) is 5.96. The maximum atomic E-state index is 9.33. The van der Waals surface area contributed by atoms with Crippen LogP contribution in [0.4, 0.5) is 0 Å². The van der Waals surface area contributed by atoms with Crippen molar-refractivity contribution < 1.29 is 25.0 Å². The van der Waals surface area contributed by atoms with Crippen LogP contribution in [0.25, 0.3) is 87.6 Å². The Morgan fingerprint density at radius 1 is 0.395 bits per heavy atom. The van der Waals surface area contributed by atoms with E-state index in [1.165, 1.54) is 0 Å². The average molecular weight is 562 g/mol. The van der Waals surface area contributed by atoms with Crippen LogP contribution >= 0.6 is 0 Å². The Labute approximate surface area is 270 Å². The number of benzene rings is 8. The number of hydrogen-bond acceptors (Lipinski definition) is 1. The quantitative estimate of drug-likeness (QED) is 0.196. The van der Waals surface area contributed by atoms with E-state index in [1.54, 1.807) is 12.1 Å². The average Bonchev–Trinajstić information content (AvgIpc) is 3.63. The molecule has 0 aliphatic rings. The number of rotatable bonds is 3. The van der Waals surface area contributed by atoms with E-state index in [0.717, 1.165) is 21.9 Å². The van der Waals surface area contributed by atoms with Crippen molar-refractivity contribution in [3.05, 3.63) is 157 Å². The zero-order valence-corrected chi connectivity index (χ0v) is 22.3. The van der Waals surface area contributed by atoms with Crippen LogP contribution in [0.1, 0.15) is 20.6 Å². The normalized spacial score (nSPS) is 16.6. The van der Waals surface area contributed by atoms with Crippen molar-refractivity contribution in [3.8, 4) is 33.4 Å². The molecule has 0 atom stereocenters. The van der Waals surface area contributed by atoms with Crippen LogP contribution in [0.5, 0.6) is 0 Å². The molecule has 1 heterocycles. The van der Waals surface area contributed by atoms with Crippen LogP contribution in [0.2, 0.25) is 0 Å². The molecule has 0 radical (unpaired) electrons. The largest absolute Gasteiger partial charge is 0.455 e. The number of para-hydroxylation sites is 2. The Balaban J connectivity index is 1.52. The van der Waals surface area contributed by atoms with Gasteiger partial charge in [0.2, 0.25) is 0 Å². The fraction of sp³-hybridized carbons (Fsp3) is 0. The van der Waals surface area contributed by atoms with E-state index in [0.29, 0.717) is 5.56 Å². The van der Waals surface area contributed by atoms with E-state index in [1.807, 2.05) is 54.6 Å². The van der Waals surface area contributed by atoms with Gasteiger partial charge in [0.05, 0.1) is 20.6 Å². The van der Waals surface area contributed by atoms with Gasteiger partial charge in [-0.25, -0.2) is 0 Å². The second kappa shape index (κ2) is 9.44. The molecular formula is C42H26O. The van der Waals surface area contributed by atoms with Crippen LogP contribution in [-0.2, 0) is 0 Å². The monoisotopic (exact) mass is 561 g/mol. The lowest BCUT2D eigenvalue weighted by molar-refractivity contribution is 0.670. The smallest absolute Gasteiger partial charge is 0.143 e. The zero-order valence-electron chi connectivity index (χ0n) is 37.3. The molecule has 9 rings (SSSR count). The van der Waals surface area contributed by atoms with Crippen molar-refractivity contribution in [2.24, 2.45) is 0 Å². The molecule has 0 aliphatic heterocycles. The SMILES string of the molecule is [2H]c1c([2H])c([2H])c2c(oc3c(-c4c5c([2H])c([2H])c([2H])c([2H])c5c(-c5ccc(-c6cccc7ccccc67)cc5)c5c([2H])c([2H])c([2H])c([2H])c45)c([2H])c([2H])c([2H])c32)c1[2H]. The Kier molecular flexibility index (Phi) is 2.97. The predicted octanol–water partition coefficient (Wildman–Crippen LogP) is 12.0. The molecule has 43 heavy (non-hydrogen) atoms. The zero-order chi connectivity index (χ0) is 41.4. The lowest BCUT2D eigenvalue weighted by Crippen LogP contribution is -1.91. The summed E-state index contributed by atoms with van der Waals surface area (Å²) in [6.45, 7) is 0. The molecular weight excluding hydrogens is 520 g/mol. The molecule has 1 heteroatoms. The molecule has 0 saturated carbocycles. The van der Waals surface area contributed by atoms with Gasteiger partial charge >= 0.3 is 0 Å². The van der Waals surface area contributed by atoms with Crippen LogP contribution in [-0.4, -0.2) is 0 Å². The third kappa shape index (κ3) is 3.65. The van der Waals surface area contributed by atoms with Crippen LogP contribution in [0, 0.1) is 0 Å². The van der Waals surface area contributed by atoms with Crippen LogP contribution in [0.3, 0.4) is 0 Å². The van der Waals surface area contributed by atoms with Crippen molar-refractivity contribution in [3.63, 3.8) is 0 Å². The Bertz CT molecular complexity index is 3250. The highest BCUT2D eigenvalue weighted by Gasteiger charge is 2.20. The minimum Gasteiger partial charge on any atom is -0.455 e. The topological polar surface area (TPSA) is 13.1 Å². The molecule has 0 unspecified atom stereocenters. The molecule has 0 fully saturated rings. The summed E-state index contributed by atoms with van der Waals surface area (Å²) >= 11 is 0. The van der Waals surface area contributed by atoms with E-state index in [2.05, 4.69) is 0 Å². The molecule has 1 nitrogen and oxygen atoms in total. The number of furan rings is 1. The molecule has 0 bridgehead atoms. The van der Waals surface area contributed by atoms with Gasteiger partial charge < -0.3 is 4.42 Å². The summed E-state index contributed by atoms with van der Waals surface area (Å²) < 4.78 is 139. The lowest BCUT2D eigenvalue weighted by atomic mass is 9.85. The molecule has 9 aromatic rings. The minimum atomic E-state index is -0.714. The summed E-state index contributed by atoms with van der Waals surface area (Å²) in [5.41, 5.74) is 0.684. The molecule has 0 amide bonds. The predicted molar refractivity (Wildman–Crippen MR) is 183 cm³/mol. The molecule has 0 spiro atoms. The Hall–Kier alpha value is -5.66. The van der Waals surface area contributed by atoms with Gasteiger partial charge in [0.15, 0.2) is 0 Å². The van der Waals surface area contributed by atoms with Gasteiger partial charge in [0.1, 0.15) is 11.2 Å². The molecule has 200 valence electrons. The van der Waals surface area contributed by atoms with Gasteiger partial charge in [-0.15, -0.1) is 0 Å². The van der Waals surface area contributed by atoms with E-state index in [9.17, 15) is 6.85 Å². The first kappa shape index (κ1) is 13.5. The van der Waals surface area contributed by atoms with Gasteiger partial charge in [-0.3, -0.25) is 0 Å². The van der Waals surface area contributed by atoms with Crippen molar-refractivity contribution in [2.45, 2.75) is 0 Å². The van der Waals surface area contributed by atoms with Gasteiger partial charge in [-0.1, -0.05) is 151 Å². The first-order chi connectivity index (χ1) is 27.6. The van der Waals surface area contributed by atoms with Crippen LogP contribution in [0.15, 0.2) is 162 Å². The summed E-state index contributed by atoms with van der Waals surface area (Å²) in [6.07, 6.45) is 0. The highest BCUT2D eigenvalue weighted by Crippen LogP contribution is 2.46. The molecule has 8 aromatic carbocycles. The molecule has 1 aromatic heterocycles. The van der Waals surface area contributed by atoms with Crippen molar-refractivity contribution in [2.75, 3.05) is 0 Å². The Morgan fingerprint density at radius 2 is 0.977 bits per heavy atom. The van der Waals surface area contributed by atoms with Gasteiger partial charge in [-0.05, 0) is 60.6 Å². The molecule has 0 aliphatic carbocycles. The molecule has 0 saturated heterocycles. The molecule has 0 N–H and O–H groups in total. The summed E-state index contributed by atoms with van der Waals surface area (Å²) in [6, 6.07) is 11.3. The maximum absolute atomic E-state index is 9.33. The minimum absolute atomic E-state index is 0.0624. The standard InChI is InChI=1S/C42H26O/c1-2-13-30-27(11-1)12-9-19-31(30)28-23-25-29(26-24-28)40-33-15-3-5-17-35(33)41(36-18-6-4-16-34(36)40)38-21-10-20-37-32-14-7-8-22-39(32)43-42(37)38/h1-26H/i3D,4D,5D,6D,7D,8D,10D,14D,15D,16D,17D,18D,20D,21D,22D. The van der Waals surface area contributed by atoms with Crippen molar-refractivity contribution in [1.29, 1.82) is 0 Å². The highest BCUT2D eigenvalue weighted by atomic mass is 16.3. The van der Waals surface area contributed by atoms with E-state index in [-0.39, 0.29) is 60.2 Å². The van der Waals surface area contributed by atoms with Crippen molar-refractivity contribution >= 4 is 54.3 Å². The first-order valence-electron chi connectivity index (χ1n) is 21.1. The lowest BCUT2D eigenvalue weighted by Gasteiger charge is -2.18. The second-order valence-electron chi connectivity index (χ2n) is 10.1. The van der Waals surface area contributed by atoms with Crippen molar-refractivity contribution in [1.82, 2.24) is 0 Å². The maximum Gasteiger partial charge on any atom is 0.143 e. The highest BCUT2D eigenvalue weighted by molar-refractivity contribution is 6.24. The van der Waals surface area contributed by atoms with E-state index >= 15 is 0 Å². The second-order valence-corrected chi connectivity index (χ2v) is 10.1. The summed E-state index contributed by atoms with van der Waals surface area (Å²) in [4.78, 5) is 0. The number of hydrogen-bond donors (Lipinski definition) is 0.